The molecule has 0 bridgehead atoms. The fourth-order valence-electron chi connectivity index (χ4n) is 2.40. The Balaban J connectivity index is 1.83. The summed E-state index contributed by atoms with van der Waals surface area (Å²) in [7, 11) is 0. The average molecular weight is 433 g/mol. The zero-order chi connectivity index (χ0) is 14.8. The van der Waals surface area contributed by atoms with Crippen molar-refractivity contribution in [1.29, 1.82) is 0 Å². The SMILES string of the molecule is Clc1ccc(OCc2cc(Br)cc3c2OCC3)c(CBr)c1. The lowest BCUT2D eigenvalue weighted by Crippen LogP contribution is -2.00. The minimum Gasteiger partial charge on any atom is -0.493 e. The normalized spacial score (nSPS) is 12.9. The van der Waals surface area contributed by atoms with E-state index in [-0.39, 0.29) is 0 Å². The first-order chi connectivity index (χ1) is 10.2. The fraction of sp³-hybridized carbons (Fsp3) is 0.250. The smallest absolute Gasteiger partial charge is 0.129 e. The molecule has 0 radical (unpaired) electrons. The number of halogens is 3. The molecule has 21 heavy (non-hydrogen) atoms. The van der Waals surface area contributed by atoms with Crippen LogP contribution in [0.25, 0.3) is 0 Å². The standard InChI is InChI=1S/C16H13Br2ClO2/c17-8-11-7-14(19)1-2-15(11)21-9-12-6-13(18)5-10-3-4-20-16(10)12/h1-2,5-7H,3-4,8-9H2. The highest BCUT2D eigenvalue weighted by molar-refractivity contribution is 9.10. The fourth-order valence-corrected chi connectivity index (χ4v) is 3.59. The molecule has 2 aromatic rings. The van der Waals surface area contributed by atoms with E-state index < -0.39 is 0 Å². The van der Waals surface area contributed by atoms with E-state index in [1.807, 2.05) is 24.3 Å². The third-order valence-corrected chi connectivity index (χ3v) is 4.67. The molecule has 0 fully saturated rings. The predicted octanol–water partition coefficient (Wildman–Crippen LogP) is 5.51. The molecule has 1 aliphatic heterocycles. The van der Waals surface area contributed by atoms with E-state index in [9.17, 15) is 0 Å². The lowest BCUT2D eigenvalue weighted by Gasteiger charge is -2.13. The molecule has 3 rings (SSSR count). The van der Waals surface area contributed by atoms with Gasteiger partial charge in [-0.2, -0.15) is 0 Å². The number of hydrogen-bond donors (Lipinski definition) is 0. The minimum absolute atomic E-state index is 0.476. The molecule has 0 spiro atoms. The second-order valence-corrected chi connectivity index (χ2v) is 6.74. The van der Waals surface area contributed by atoms with Crippen LogP contribution in [0, 0.1) is 0 Å². The van der Waals surface area contributed by atoms with Crippen molar-refractivity contribution in [1.82, 2.24) is 0 Å². The molecule has 0 aliphatic carbocycles. The van der Waals surface area contributed by atoms with E-state index in [1.54, 1.807) is 0 Å². The molecule has 0 atom stereocenters. The molecule has 5 heteroatoms. The number of benzene rings is 2. The van der Waals surface area contributed by atoms with E-state index in [0.717, 1.165) is 40.1 Å². The first-order valence-corrected chi connectivity index (χ1v) is 8.88. The van der Waals surface area contributed by atoms with Gasteiger partial charge in [-0.3, -0.25) is 0 Å². The molecule has 2 aromatic carbocycles. The topological polar surface area (TPSA) is 18.5 Å². The van der Waals surface area contributed by atoms with E-state index in [2.05, 4.69) is 37.9 Å². The van der Waals surface area contributed by atoms with Crippen molar-refractivity contribution in [3.63, 3.8) is 0 Å². The zero-order valence-electron chi connectivity index (χ0n) is 11.2. The maximum atomic E-state index is 6.01. The van der Waals surface area contributed by atoms with E-state index in [0.29, 0.717) is 17.0 Å². The molecule has 0 unspecified atom stereocenters. The molecular formula is C16H13Br2ClO2. The van der Waals surface area contributed by atoms with Gasteiger partial charge in [0.1, 0.15) is 18.1 Å². The summed E-state index contributed by atoms with van der Waals surface area (Å²) in [4.78, 5) is 0. The van der Waals surface area contributed by atoms with Crippen molar-refractivity contribution in [3.05, 3.63) is 56.5 Å². The Morgan fingerprint density at radius 2 is 2.05 bits per heavy atom. The van der Waals surface area contributed by atoms with Crippen LogP contribution < -0.4 is 9.47 Å². The monoisotopic (exact) mass is 430 g/mol. The van der Waals surface area contributed by atoms with Gasteiger partial charge < -0.3 is 9.47 Å². The summed E-state index contributed by atoms with van der Waals surface area (Å²) in [6.07, 6.45) is 0.954. The maximum absolute atomic E-state index is 6.01. The Labute approximate surface area is 145 Å². The van der Waals surface area contributed by atoms with Gasteiger partial charge in [0.05, 0.1) is 6.61 Å². The van der Waals surface area contributed by atoms with Gasteiger partial charge in [-0.1, -0.05) is 43.5 Å². The third kappa shape index (κ3) is 3.38. The Kier molecular flexibility index (Phi) is 4.77. The van der Waals surface area contributed by atoms with Gasteiger partial charge in [-0.25, -0.2) is 0 Å². The molecule has 1 heterocycles. The van der Waals surface area contributed by atoms with Gasteiger partial charge in [0, 0.05) is 32.4 Å². The highest BCUT2D eigenvalue weighted by Crippen LogP contribution is 2.34. The predicted molar refractivity (Wildman–Crippen MR) is 91.8 cm³/mol. The van der Waals surface area contributed by atoms with Crippen molar-refractivity contribution < 1.29 is 9.47 Å². The number of fused-ring (bicyclic) bond motifs is 1. The first-order valence-electron chi connectivity index (χ1n) is 6.58. The quantitative estimate of drug-likeness (QED) is 0.593. The van der Waals surface area contributed by atoms with E-state index in [1.165, 1.54) is 5.56 Å². The van der Waals surface area contributed by atoms with Gasteiger partial charge in [0.25, 0.3) is 0 Å². The van der Waals surface area contributed by atoms with Crippen LogP contribution in [0.15, 0.2) is 34.8 Å². The summed E-state index contributed by atoms with van der Waals surface area (Å²) in [6.45, 7) is 1.22. The second kappa shape index (κ2) is 6.59. The summed E-state index contributed by atoms with van der Waals surface area (Å²) < 4.78 is 12.7. The van der Waals surface area contributed by atoms with Crippen LogP contribution in [0.4, 0.5) is 0 Å². The first kappa shape index (κ1) is 15.2. The average Bonchev–Trinajstić information content (AvgIpc) is 2.93. The molecule has 0 aromatic heterocycles. The Morgan fingerprint density at radius 3 is 2.86 bits per heavy atom. The molecular weight excluding hydrogens is 419 g/mol. The van der Waals surface area contributed by atoms with Gasteiger partial charge in [0.15, 0.2) is 0 Å². The Bertz CT molecular complexity index is 674. The summed E-state index contributed by atoms with van der Waals surface area (Å²) >= 11 is 13.0. The Morgan fingerprint density at radius 1 is 1.19 bits per heavy atom. The molecule has 0 saturated heterocycles. The summed E-state index contributed by atoms with van der Waals surface area (Å²) in [5.41, 5.74) is 3.34. The summed E-state index contributed by atoms with van der Waals surface area (Å²) in [5.74, 6) is 1.80. The van der Waals surface area contributed by atoms with Crippen LogP contribution >= 0.6 is 43.5 Å². The van der Waals surface area contributed by atoms with Gasteiger partial charge in [-0.05, 0) is 35.9 Å². The van der Waals surface area contributed by atoms with Crippen molar-refractivity contribution in [2.24, 2.45) is 0 Å². The Hall–Kier alpha value is -0.710. The van der Waals surface area contributed by atoms with Gasteiger partial charge in [-0.15, -0.1) is 0 Å². The van der Waals surface area contributed by atoms with Gasteiger partial charge in [0.2, 0.25) is 0 Å². The summed E-state index contributed by atoms with van der Waals surface area (Å²) in [5, 5.41) is 1.42. The van der Waals surface area contributed by atoms with Crippen LogP contribution in [0.1, 0.15) is 16.7 Å². The van der Waals surface area contributed by atoms with Crippen LogP contribution in [0.3, 0.4) is 0 Å². The maximum Gasteiger partial charge on any atom is 0.129 e. The van der Waals surface area contributed by atoms with Crippen LogP contribution in [-0.2, 0) is 18.4 Å². The summed E-state index contributed by atoms with van der Waals surface area (Å²) in [6, 6.07) is 9.81. The number of ether oxygens (including phenoxy) is 2. The van der Waals surface area contributed by atoms with Crippen molar-refractivity contribution >= 4 is 43.5 Å². The van der Waals surface area contributed by atoms with Crippen molar-refractivity contribution in [3.8, 4) is 11.5 Å². The largest absolute Gasteiger partial charge is 0.493 e. The molecule has 2 nitrogen and oxygen atoms in total. The zero-order valence-corrected chi connectivity index (χ0v) is 15.1. The number of alkyl halides is 1. The number of hydrogen-bond acceptors (Lipinski definition) is 2. The highest BCUT2D eigenvalue weighted by atomic mass is 79.9. The molecule has 110 valence electrons. The van der Waals surface area contributed by atoms with E-state index >= 15 is 0 Å². The minimum atomic E-state index is 0.476. The van der Waals surface area contributed by atoms with Gasteiger partial charge >= 0.3 is 0 Å². The number of rotatable bonds is 4. The lowest BCUT2D eigenvalue weighted by atomic mass is 10.1. The van der Waals surface area contributed by atoms with Crippen LogP contribution in [0.2, 0.25) is 5.02 Å². The van der Waals surface area contributed by atoms with E-state index in [4.69, 9.17) is 21.1 Å². The molecule has 0 N–H and O–H groups in total. The van der Waals surface area contributed by atoms with Crippen LogP contribution in [-0.4, -0.2) is 6.61 Å². The van der Waals surface area contributed by atoms with Crippen molar-refractivity contribution in [2.45, 2.75) is 18.4 Å². The third-order valence-electron chi connectivity index (χ3n) is 3.38. The second-order valence-electron chi connectivity index (χ2n) is 4.83. The van der Waals surface area contributed by atoms with Crippen molar-refractivity contribution in [2.75, 3.05) is 6.61 Å². The molecule has 1 aliphatic rings. The lowest BCUT2D eigenvalue weighted by molar-refractivity contribution is 0.290. The highest BCUT2D eigenvalue weighted by Gasteiger charge is 2.18. The van der Waals surface area contributed by atoms with Crippen LogP contribution in [0.5, 0.6) is 11.5 Å². The molecule has 0 amide bonds. The molecule has 0 saturated carbocycles.